The molecular weight excluding hydrogens is 334 g/mol. The number of nitro groups is 1. The van der Waals surface area contributed by atoms with Crippen LogP contribution in [0.5, 0.6) is 0 Å². The summed E-state index contributed by atoms with van der Waals surface area (Å²) in [6, 6.07) is 12.1. The third-order valence-corrected chi connectivity index (χ3v) is 4.57. The van der Waals surface area contributed by atoms with Crippen molar-refractivity contribution in [2.24, 2.45) is 5.92 Å². The summed E-state index contributed by atoms with van der Waals surface area (Å²) in [7, 11) is 0. The van der Waals surface area contributed by atoms with Crippen molar-refractivity contribution in [3.8, 4) is 0 Å². The Morgan fingerprint density at radius 1 is 1.23 bits per heavy atom. The van der Waals surface area contributed by atoms with Crippen molar-refractivity contribution in [2.75, 3.05) is 16.8 Å². The van der Waals surface area contributed by atoms with Crippen LogP contribution in [-0.4, -0.2) is 23.3 Å². The van der Waals surface area contributed by atoms with E-state index in [2.05, 4.69) is 5.32 Å². The normalized spacial score (nSPS) is 16.6. The van der Waals surface area contributed by atoms with Gasteiger partial charge in [-0.3, -0.25) is 19.7 Å². The SMILES string of the molecule is Cc1cccc(N2CC(C(=O)Nc3cccc([N+](=O)[O-])c3C)CC2=O)c1. The van der Waals surface area contributed by atoms with Crippen LogP contribution in [0.1, 0.15) is 17.5 Å². The van der Waals surface area contributed by atoms with Gasteiger partial charge in [-0.2, -0.15) is 0 Å². The summed E-state index contributed by atoms with van der Waals surface area (Å²) >= 11 is 0. The summed E-state index contributed by atoms with van der Waals surface area (Å²) < 4.78 is 0. The van der Waals surface area contributed by atoms with Crippen LogP contribution >= 0.6 is 0 Å². The fraction of sp³-hybridized carbons (Fsp3) is 0.263. The topological polar surface area (TPSA) is 92.6 Å². The summed E-state index contributed by atoms with van der Waals surface area (Å²) in [4.78, 5) is 37.1. The molecule has 3 rings (SSSR count). The van der Waals surface area contributed by atoms with Gasteiger partial charge in [-0.25, -0.2) is 0 Å². The minimum atomic E-state index is -0.498. The fourth-order valence-corrected chi connectivity index (χ4v) is 3.12. The molecule has 0 saturated carbocycles. The molecule has 1 saturated heterocycles. The van der Waals surface area contributed by atoms with Gasteiger partial charge in [-0.05, 0) is 37.6 Å². The zero-order valence-electron chi connectivity index (χ0n) is 14.6. The highest BCUT2D eigenvalue weighted by Crippen LogP contribution is 2.29. The number of nitrogens with one attached hydrogen (secondary N) is 1. The van der Waals surface area contributed by atoms with E-state index in [1.165, 1.54) is 12.1 Å². The number of nitrogens with zero attached hydrogens (tertiary/aromatic N) is 2. The van der Waals surface area contributed by atoms with Gasteiger partial charge in [0.25, 0.3) is 5.69 Å². The highest BCUT2D eigenvalue weighted by atomic mass is 16.6. The average molecular weight is 353 g/mol. The van der Waals surface area contributed by atoms with Gasteiger partial charge in [0.05, 0.1) is 22.1 Å². The van der Waals surface area contributed by atoms with Gasteiger partial charge in [-0.1, -0.05) is 18.2 Å². The van der Waals surface area contributed by atoms with Gasteiger partial charge >= 0.3 is 0 Å². The van der Waals surface area contributed by atoms with Crippen molar-refractivity contribution in [1.82, 2.24) is 0 Å². The summed E-state index contributed by atoms with van der Waals surface area (Å²) in [5.74, 6) is -0.912. The average Bonchev–Trinajstić information content (AvgIpc) is 2.98. The van der Waals surface area contributed by atoms with Crippen molar-refractivity contribution in [3.05, 3.63) is 63.7 Å². The smallest absolute Gasteiger partial charge is 0.274 e. The predicted octanol–water partition coefficient (Wildman–Crippen LogP) is 3.20. The molecule has 2 amide bonds. The van der Waals surface area contributed by atoms with Crippen LogP contribution in [0.4, 0.5) is 17.1 Å². The molecule has 7 nitrogen and oxygen atoms in total. The summed E-state index contributed by atoms with van der Waals surface area (Å²) in [6.07, 6.45) is 0.119. The van der Waals surface area contributed by atoms with Crippen LogP contribution in [0.3, 0.4) is 0 Å². The molecule has 1 N–H and O–H groups in total. The van der Waals surface area contributed by atoms with Crippen molar-refractivity contribution in [3.63, 3.8) is 0 Å². The maximum Gasteiger partial charge on any atom is 0.274 e. The predicted molar refractivity (Wildman–Crippen MR) is 98.1 cm³/mol. The van der Waals surface area contributed by atoms with Crippen molar-refractivity contribution in [2.45, 2.75) is 20.3 Å². The fourth-order valence-electron chi connectivity index (χ4n) is 3.12. The van der Waals surface area contributed by atoms with E-state index in [1.807, 2.05) is 31.2 Å². The van der Waals surface area contributed by atoms with E-state index < -0.39 is 10.8 Å². The largest absolute Gasteiger partial charge is 0.325 e. The number of rotatable bonds is 4. The maximum absolute atomic E-state index is 12.6. The number of aryl methyl sites for hydroxylation is 1. The molecule has 0 aromatic heterocycles. The minimum absolute atomic E-state index is 0.0494. The molecule has 1 atom stereocenters. The first-order valence-electron chi connectivity index (χ1n) is 8.28. The second-order valence-corrected chi connectivity index (χ2v) is 6.44. The first kappa shape index (κ1) is 17.6. The number of hydrogen-bond donors (Lipinski definition) is 1. The van der Waals surface area contributed by atoms with E-state index in [4.69, 9.17) is 0 Å². The number of nitro benzene ring substituents is 1. The van der Waals surface area contributed by atoms with Crippen LogP contribution in [0.15, 0.2) is 42.5 Å². The number of carbonyl (C=O) groups is 2. The second-order valence-electron chi connectivity index (χ2n) is 6.44. The van der Waals surface area contributed by atoms with E-state index in [9.17, 15) is 19.7 Å². The summed E-state index contributed by atoms with van der Waals surface area (Å²) in [6.45, 7) is 3.83. The summed E-state index contributed by atoms with van der Waals surface area (Å²) in [5.41, 5.74) is 2.55. The molecule has 1 heterocycles. The number of benzene rings is 2. The van der Waals surface area contributed by atoms with Gasteiger partial charge in [0.1, 0.15) is 0 Å². The van der Waals surface area contributed by atoms with Gasteiger partial charge in [0.2, 0.25) is 11.8 Å². The standard InChI is InChI=1S/C19H19N3O4/c1-12-5-3-6-15(9-12)21-11-14(10-18(21)23)19(24)20-16-7-4-8-17(13(16)2)22(25)26/h3-9,14H,10-11H2,1-2H3,(H,20,24). The van der Waals surface area contributed by atoms with E-state index in [0.717, 1.165) is 11.3 Å². The Bertz CT molecular complexity index is 894. The monoisotopic (exact) mass is 353 g/mol. The summed E-state index contributed by atoms with van der Waals surface area (Å²) in [5, 5.41) is 13.8. The first-order valence-corrected chi connectivity index (χ1v) is 8.28. The molecular formula is C19H19N3O4. The quantitative estimate of drug-likeness (QED) is 0.675. The number of anilines is 2. The molecule has 2 aromatic carbocycles. The Morgan fingerprint density at radius 3 is 2.65 bits per heavy atom. The minimum Gasteiger partial charge on any atom is -0.325 e. The van der Waals surface area contributed by atoms with Crippen molar-refractivity contribution in [1.29, 1.82) is 0 Å². The van der Waals surface area contributed by atoms with E-state index in [0.29, 0.717) is 17.8 Å². The van der Waals surface area contributed by atoms with Gasteiger partial charge in [0.15, 0.2) is 0 Å². The zero-order chi connectivity index (χ0) is 18.8. The third-order valence-electron chi connectivity index (χ3n) is 4.57. The van der Waals surface area contributed by atoms with Crippen LogP contribution in [0.25, 0.3) is 0 Å². The molecule has 7 heteroatoms. The molecule has 0 bridgehead atoms. The molecule has 0 spiro atoms. The van der Waals surface area contributed by atoms with Crippen LogP contribution < -0.4 is 10.2 Å². The van der Waals surface area contributed by atoms with Crippen molar-refractivity contribution >= 4 is 28.9 Å². The highest BCUT2D eigenvalue weighted by molar-refractivity contribution is 6.03. The Morgan fingerprint density at radius 2 is 1.96 bits per heavy atom. The Kier molecular flexibility index (Phi) is 4.71. The molecule has 2 aromatic rings. The molecule has 1 aliphatic heterocycles. The number of hydrogen-bond acceptors (Lipinski definition) is 4. The molecule has 134 valence electrons. The second kappa shape index (κ2) is 6.95. The van der Waals surface area contributed by atoms with E-state index >= 15 is 0 Å². The Labute approximate surface area is 150 Å². The van der Waals surface area contributed by atoms with Crippen LogP contribution in [0, 0.1) is 29.9 Å². The van der Waals surface area contributed by atoms with Crippen molar-refractivity contribution < 1.29 is 14.5 Å². The lowest BCUT2D eigenvalue weighted by molar-refractivity contribution is -0.385. The Hall–Kier alpha value is -3.22. The highest BCUT2D eigenvalue weighted by Gasteiger charge is 2.35. The lowest BCUT2D eigenvalue weighted by atomic mass is 10.1. The zero-order valence-corrected chi connectivity index (χ0v) is 14.6. The maximum atomic E-state index is 12.6. The first-order chi connectivity index (χ1) is 12.4. The molecule has 0 radical (unpaired) electrons. The molecule has 26 heavy (non-hydrogen) atoms. The van der Waals surface area contributed by atoms with Gasteiger partial charge < -0.3 is 10.2 Å². The number of carbonyl (C=O) groups excluding carboxylic acids is 2. The molecule has 1 unspecified atom stereocenters. The lowest BCUT2D eigenvalue weighted by Crippen LogP contribution is -2.28. The van der Waals surface area contributed by atoms with Crippen LogP contribution in [-0.2, 0) is 9.59 Å². The van der Waals surface area contributed by atoms with E-state index in [-0.39, 0.29) is 23.9 Å². The van der Waals surface area contributed by atoms with E-state index in [1.54, 1.807) is 17.9 Å². The molecule has 1 aliphatic rings. The van der Waals surface area contributed by atoms with Crippen LogP contribution in [0.2, 0.25) is 0 Å². The Balaban J connectivity index is 1.75. The lowest BCUT2D eigenvalue weighted by Gasteiger charge is -2.17. The van der Waals surface area contributed by atoms with Gasteiger partial charge in [-0.15, -0.1) is 0 Å². The third kappa shape index (κ3) is 3.42. The molecule has 0 aliphatic carbocycles. The number of amides is 2. The molecule has 1 fully saturated rings. The van der Waals surface area contributed by atoms with Gasteiger partial charge in [0, 0.05) is 24.7 Å².